The Labute approximate surface area is 165 Å². The van der Waals surface area contributed by atoms with E-state index in [0.717, 1.165) is 68.2 Å². The lowest BCUT2D eigenvalue weighted by Gasteiger charge is -2.37. The molecule has 1 atom stereocenters. The summed E-state index contributed by atoms with van der Waals surface area (Å²) in [7, 11) is 0. The molecule has 6 nitrogen and oxygen atoms in total. The summed E-state index contributed by atoms with van der Waals surface area (Å²) in [5.41, 5.74) is 4.30. The number of ether oxygens (including phenoxy) is 1. The van der Waals surface area contributed by atoms with Gasteiger partial charge in [-0.2, -0.15) is 5.10 Å². The molecular formula is C22H29N5O. The second-order valence-corrected chi connectivity index (χ2v) is 8.90. The van der Waals surface area contributed by atoms with Crippen molar-refractivity contribution in [2.75, 3.05) is 19.7 Å². The summed E-state index contributed by atoms with van der Waals surface area (Å²) >= 11 is 0. The Morgan fingerprint density at radius 3 is 3.00 bits per heavy atom. The maximum atomic E-state index is 5.90. The van der Waals surface area contributed by atoms with E-state index in [1.807, 2.05) is 18.2 Å². The highest BCUT2D eigenvalue weighted by molar-refractivity contribution is 5.78. The van der Waals surface area contributed by atoms with E-state index in [0.29, 0.717) is 5.92 Å². The van der Waals surface area contributed by atoms with Crippen molar-refractivity contribution in [2.45, 2.75) is 51.8 Å². The van der Waals surface area contributed by atoms with Crippen molar-refractivity contribution in [3.05, 3.63) is 36.0 Å². The van der Waals surface area contributed by atoms with E-state index < -0.39 is 0 Å². The summed E-state index contributed by atoms with van der Waals surface area (Å²) < 4.78 is 8.08. The van der Waals surface area contributed by atoms with Gasteiger partial charge in [0.2, 0.25) is 0 Å². The van der Waals surface area contributed by atoms with E-state index in [-0.39, 0.29) is 5.60 Å². The number of aryl methyl sites for hydroxylation is 1. The summed E-state index contributed by atoms with van der Waals surface area (Å²) in [6.07, 6.45) is 3.46. The molecule has 0 aliphatic carbocycles. The molecule has 0 bridgehead atoms. The number of imidazole rings is 1. The van der Waals surface area contributed by atoms with Crippen LogP contribution in [0.5, 0.6) is 0 Å². The molecule has 0 amide bonds. The lowest BCUT2D eigenvalue weighted by atomic mass is 9.88. The Kier molecular flexibility index (Phi) is 4.48. The molecular weight excluding hydrogens is 350 g/mol. The van der Waals surface area contributed by atoms with Crippen LogP contribution in [0.15, 0.2) is 30.3 Å². The Hall–Kier alpha value is -2.18. The smallest absolute Gasteiger partial charge is 0.159 e. The molecule has 1 N–H and O–H groups in total. The third-order valence-corrected chi connectivity index (χ3v) is 6.04. The zero-order valence-electron chi connectivity index (χ0n) is 16.8. The van der Waals surface area contributed by atoms with Gasteiger partial charge in [-0.1, -0.05) is 12.1 Å². The van der Waals surface area contributed by atoms with E-state index in [2.05, 4.69) is 40.5 Å². The van der Waals surface area contributed by atoms with Gasteiger partial charge in [0.15, 0.2) is 5.82 Å². The molecule has 1 aromatic carbocycles. The average molecular weight is 380 g/mol. The maximum Gasteiger partial charge on any atom is 0.159 e. The lowest BCUT2D eigenvalue weighted by molar-refractivity contribution is -0.0770. The van der Waals surface area contributed by atoms with E-state index >= 15 is 0 Å². The summed E-state index contributed by atoms with van der Waals surface area (Å²) in [4.78, 5) is 10.7. The number of para-hydroxylation sites is 2. The minimum atomic E-state index is 0.0189. The van der Waals surface area contributed by atoms with Gasteiger partial charge in [-0.05, 0) is 57.2 Å². The van der Waals surface area contributed by atoms with Crippen LogP contribution >= 0.6 is 0 Å². The Morgan fingerprint density at radius 1 is 1.25 bits per heavy atom. The molecule has 28 heavy (non-hydrogen) atoms. The molecule has 0 saturated carbocycles. The second kappa shape index (κ2) is 7.01. The van der Waals surface area contributed by atoms with Crippen LogP contribution in [0, 0.1) is 5.92 Å². The summed E-state index contributed by atoms with van der Waals surface area (Å²) in [6.45, 7) is 9.56. The first-order chi connectivity index (χ1) is 13.6. The van der Waals surface area contributed by atoms with Crippen molar-refractivity contribution in [3.63, 3.8) is 0 Å². The predicted molar refractivity (Wildman–Crippen MR) is 110 cm³/mol. The van der Waals surface area contributed by atoms with Crippen LogP contribution in [0.4, 0.5) is 0 Å². The highest BCUT2D eigenvalue weighted by Gasteiger charge is 2.30. The molecule has 1 fully saturated rings. The van der Waals surface area contributed by atoms with Crippen LogP contribution < -0.4 is 0 Å². The van der Waals surface area contributed by atoms with Crippen molar-refractivity contribution < 1.29 is 4.74 Å². The van der Waals surface area contributed by atoms with Crippen molar-refractivity contribution in [3.8, 4) is 11.5 Å². The van der Waals surface area contributed by atoms with Gasteiger partial charge in [0.25, 0.3) is 0 Å². The molecule has 6 heteroatoms. The van der Waals surface area contributed by atoms with Gasteiger partial charge in [0, 0.05) is 32.8 Å². The first-order valence-electron chi connectivity index (χ1n) is 10.4. The number of hydrogen-bond donors (Lipinski definition) is 1. The monoisotopic (exact) mass is 379 g/mol. The summed E-state index contributed by atoms with van der Waals surface area (Å²) in [5, 5.41) is 4.86. The lowest BCUT2D eigenvalue weighted by Crippen LogP contribution is -2.39. The fraction of sp³-hybridized carbons (Fsp3) is 0.545. The standard InChI is InChI=1S/C22H29N5O/c1-22(2)13-16(8-11-28-22)14-26-9-5-10-27-17(15-26)12-20(25-27)21-23-18-6-3-4-7-19(18)24-21/h3-4,6-7,12,16H,5,8-11,13-15H2,1-2H3,(H,23,24)/t16-/m0/s1. The zero-order chi connectivity index (χ0) is 19.1. The molecule has 2 aliphatic rings. The van der Waals surface area contributed by atoms with Gasteiger partial charge in [-0.3, -0.25) is 9.58 Å². The molecule has 3 aromatic rings. The topological polar surface area (TPSA) is 59.0 Å². The molecule has 0 radical (unpaired) electrons. The molecule has 5 rings (SSSR count). The van der Waals surface area contributed by atoms with Crippen LogP contribution in [0.25, 0.3) is 22.6 Å². The van der Waals surface area contributed by atoms with Crippen LogP contribution in [-0.4, -0.2) is 49.9 Å². The van der Waals surface area contributed by atoms with E-state index in [4.69, 9.17) is 14.8 Å². The Balaban J connectivity index is 1.34. The van der Waals surface area contributed by atoms with Gasteiger partial charge >= 0.3 is 0 Å². The van der Waals surface area contributed by atoms with Gasteiger partial charge in [0.1, 0.15) is 5.69 Å². The number of fused-ring (bicyclic) bond motifs is 2. The fourth-order valence-corrected chi connectivity index (χ4v) is 4.75. The molecule has 1 saturated heterocycles. The zero-order valence-corrected chi connectivity index (χ0v) is 16.8. The van der Waals surface area contributed by atoms with Crippen molar-refractivity contribution in [1.29, 1.82) is 0 Å². The van der Waals surface area contributed by atoms with Crippen molar-refractivity contribution >= 4 is 11.0 Å². The van der Waals surface area contributed by atoms with E-state index in [1.54, 1.807) is 0 Å². The third-order valence-electron chi connectivity index (χ3n) is 6.04. The average Bonchev–Trinajstić information content (AvgIpc) is 3.20. The second-order valence-electron chi connectivity index (χ2n) is 8.90. The number of hydrogen-bond acceptors (Lipinski definition) is 4. The predicted octanol–water partition coefficient (Wildman–Crippen LogP) is 3.84. The number of nitrogens with zero attached hydrogens (tertiary/aromatic N) is 4. The van der Waals surface area contributed by atoms with Crippen LogP contribution in [0.2, 0.25) is 0 Å². The number of H-pyrrole nitrogens is 1. The Bertz CT molecular complexity index is 939. The first-order valence-corrected chi connectivity index (χ1v) is 10.4. The van der Waals surface area contributed by atoms with Crippen LogP contribution in [-0.2, 0) is 17.8 Å². The minimum Gasteiger partial charge on any atom is -0.376 e. The number of rotatable bonds is 3. The first kappa shape index (κ1) is 17.9. The quantitative estimate of drug-likeness (QED) is 0.751. The van der Waals surface area contributed by atoms with Crippen molar-refractivity contribution in [1.82, 2.24) is 24.6 Å². The summed E-state index contributed by atoms with van der Waals surface area (Å²) in [5.74, 6) is 1.58. The van der Waals surface area contributed by atoms with Crippen molar-refractivity contribution in [2.24, 2.45) is 5.92 Å². The largest absolute Gasteiger partial charge is 0.376 e. The number of aromatic amines is 1. The number of benzene rings is 1. The molecule has 4 heterocycles. The molecule has 2 aromatic heterocycles. The SMILES string of the molecule is CC1(C)C[C@@H](CN2CCCn3nc(-c4nc5ccccc5[nH]4)cc3C2)CCO1. The molecule has 0 unspecified atom stereocenters. The van der Waals surface area contributed by atoms with E-state index in [1.165, 1.54) is 12.1 Å². The fourth-order valence-electron chi connectivity index (χ4n) is 4.75. The molecule has 148 valence electrons. The number of nitrogens with one attached hydrogen (secondary N) is 1. The van der Waals surface area contributed by atoms with Gasteiger partial charge < -0.3 is 9.72 Å². The minimum absolute atomic E-state index is 0.0189. The Morgan fingerprint density at radius 2 is 2.14 bits per heavy atom. The molecule has 2 aliphatic heterocycles. The van der Waals surface area contributed by atoms with Gasteiger partial charge in [-0.25, -0.2) is 4.98 Å². The van der Waals surface area contributed by atoms with Crippen LogP contribution in [0.3, 0.4) is 0 Å². The highest BCUT2D eigenvalue weighted by Crippen LogP contribution is 2.30. The van der Waals surface area contributed by atoms with E-state index in [9.17, 15) is 0 Å². The van der Waals surface area contributed by atoms with Crippen LogP contribution in [0.1, 0.15) is 38.8 Å². The third kappa shape index (κ3) is 3.59. The van der Waals surface area contributed by atoms with Gasteiger partial charge in [-0.15, -0.1) is 0 Å². The van der Waals surface area contributed by atoms with Gasteiger partial charge in [0.05, 0.1) is 22.3 Å². The maximum absolute atomic E-state index is 5.90. The normalized spacial score (nSPS) is 22.9. The number of aromatic nitrogens is 4. The summed E-state index contributed by atoms with van der Waals surface area (Å²) in [6, 6.07) is 10.4. The molecule has 0 spiro atoms. The highest BCUT2D eigenvalue weighted by atomic mass is 16.5.